The molecule has 0 N–H and O–H groups in total. The Hall–Kier alpha value is -1.28. The summed E-state index contributed by atoms with van der Waals surface area (Å²) in [5, 5.41) is 0. The minimum absolute atomic E-state index is 0. The van der Waals surface area contributed by atoms with Gasteiger partial charge in [0.1, 0.15) is 0 Å². The molecule has 0 heterocycles. The fourth-order valence-corrected chi connectivity index (χ4v) is 6.52. The molecule has 1 atom stereocenters. The van der Waals surface area contributed by atoms with Gasteiger partial charge in [-0.25, -0.2) is 0 Å². The summed E-state index contributed by atoms with van der Waals surface area (Å²) in [7, 11) is 0. The summed E-state index contributed by atoms with van der Waals surface area (Å²) < 4.78 is -0.168. The molecule has 3 aromatic carbocycles. The van der Waals surface area contributed by atoms with Crippen molar-refractivity contribution in [1.82, 2.24) is 0 Å². The van der Waals surface area contributed by atoms with E-state index in [-0.39, 0.29) is 51.8 Å². The quantitative estimate of drug-likeness (QED) is 0.366. The van der Waals surface area contributed by atoms with Crippen LogP contribution in [-0.2, 0) is 25.9 Å². The zero-order chi connectivity index (χ0) is 20.5. The first kappa shape index (κ1) is 28.8. The molecule has 0 bridgehead atoms. The molecule has 4 rings (SSSR count). The van der Waals surface area contributed by atoms with Gasteiger partial charge in [0.2, 0.25) is 0 Å². The van der Waals surface area contributed by atoms with E-state index in [1.807, 2.05) is 0 Å². The summed E-state index contributed by atoms with van der Waals surface area (Å²) in [5.74, 6) is 0. The maximum atomic E-state index is 2.48. The van der Waals surface area contributed by atoms with Crippen molar-refractivity contribution in [3.8, 4) is 0 Å². The third-order valence-corrected chi connectivity index (χ3v) is 7.25. The fraction of sp³-hybridized carbons (Fsp3) is 0.214. The van der Waals surface area contributed by atoms with Gasteiger partial charge in [-0.05, 0) is 0 Å². The van der Waals surface area contributed by atoms with Crippen LogP contribution in [0.2, 0.25) is 3.72 Å². The van der Waals surface area contributed by atoms with Gasteiger partial charge in [-0.15, -0.1) is 0 Å². The Morgan fingerprint density at radius 3 is 1.44 bits per heavy atom. The van der Waals surface area contributed by atoms with Gasteiger partial charge < -0.3 is 37.2 Å². The SMILES string of the molecule is CC(C)(C)C(c1ccccc1)(c1ccccc1)[C]1([Ti+3])C=CC(c2ccccc2)=C1.[Cl-].[Cl-].[Cl-]. The van der Waals surface area contributed by atoms with Crippen LogP contribution in [-0.4, -0.2) is 0 Å². The maximum absolute atomic E-state index is 2.48. The normalized spacial score (nSPS) is 17.5. The van der Waals surface area contributed by atoms with Crippen LogP contribution >= 0.6 is 0 Å². The topological polar surface area (TPSA) is 0 Å². The Morgan fingerprint density at radius 1 is 0.625 bits per heavy atom. The summed E-state index contributed by atoms with van der Waals surface area (Å²) in [6.07, 6.45) is 7.20. The van der Waals surface area contributed by atoms with Crippen molar-refractivity contribution >= 4 is 5.57 Å². The van der Waals surface area contributed by atoms with Crippen molar-refractivity contribution in [3.63, 3.8) is 0 Å². The second kappa shape index (κ2) is 11.2. The Kier molecular flexibility index (Phi) is 10.1. The summed E-state index contributed by atoms with van der Waals surface area (Å²) in [6, 6.07) is 32.8. The van der Waals surface area contributed by atoms with E-state index in [0.29, 0.717) is 0 Å². The maximum Gasteiger partial charge on any atom is -1.00 e. The van der Waals surface area contributed by atoms with Gasteiger partial charge in [-0.3, -0.25) is 0 Å². The van der Waals surface area contributed by atoms with Crippen LogP contribution in [0.3, 0.4) is 0 Å². The van der Waals surface area contributed by atoms with E-state index in [0.717, 1.165) is 0 Å². The molecule has 164 valence electrons. The second-order valence-corrected chi connectivity index (χ2v) is 10.2. The number of halogens is 3. The fourth-order valence-electron chi connectivity index (χ4n) is 5.11. The molecule has 0 saturated carbocycles. The molecule has 1 unspecified atom stereocenters. The molecule has 1 aliphatic carbocycles. The van der Waals surface area contributed by atoms with E-state index in [2.05, 4.69) is 150 Å². The molecule has 0 radical (unpaired) electrons. The summed E-state index contributed by atoms with van der Waals surface area (Å²) >= 11 is 2.39. The third-order valence-electron chi connectivity index (χ3n) is 6.18. The van der Waals surface area contributed by atoms with Crippen LogP contribution in [0.25, 0.3) is 5.57 Å². The molecule has 0 aromatic heterocycles. The smallest absolute Gasteiger partial charge is 1.00 e. The molecule has 3 aromatic rings. The van der Waals surface area contributed by atoms with Crippen LogP contribution in [0, 0.1) is 5.41 Å². The van der Waals surface area contributed by atoms with E-state index in [1.54, 1.807) is 0 Å². The third kappa shape index (κ3) is 4.81. The van der Waals surface area contributed by atoms with Crippen molar-refractivity contribution in [2.24, 2.45) is 5.41 Å². The molecule has 0 nitrogen and oxygen atoms in total. The molecule has 0 amide bonds. The second-order valence-electron chi connectivity index (χ2n) is 8.90. The van der Waals surface area contributed by atoms with Gasteiger partial charge in [0.25, 0.3) is 0 Å². The summed E-state index contributed by atoms with van der Waals surface area (Å²) in [5.41, 5.74) is 5.06. The zero-order valence-corrected chi connectivity index (χ0v) is 22.4. The van der Waals surface area contributed by atoms with Crippen LogP contribution in [0.1, 0.15) is 37.5 Å². The molecule has 0 spiro atoms. The molecule has 32 heavy (non-hydrogen) atoms. The molecular weight excluding hydrogens is 491 g/mol. The Labute approximate surface area is 223 Å². The van der Waals surface area contributed by atoms with E-state index in [9.17, 15) is 0 Å². The van der Waals surface area contributed by atoms with Crippen LogP contribution < -0.4 is 37.2 Å². The largest absolute Gasteiger partial charge is 1.00 e. The van der Waals surface area contributed by atoms with Crippen molar-refractivity contribution in [1.29, 1.82) is 0 Å². The Bertz CT molecular complexity index is 999. The van der Waals surface area contributed by atoms with Gasteiger partial charge in [0.05, 0.1) is 0 Å². The first-order valence-electron chi connectivity index (χ1n) is 10.2. The number of allylic oxidation sites excluding steroid dienone is 4. The Balaban J connectivity index is 0.00000171. The Morgan fingerprint density at radius 2 is 1.03 bits per heavy atom. The average molecular weight is 518 g/mol. The number of hydrogen-bond acceptors (Lipinski definition) is 0. The molecule has 0 aliphatic heterocycles. The first-order valence-corrected chi connectivity index (χ1v) is 11.0. The summed E-state index contributed by atoms with van der Waals surface area (Å²) in [6.45, 7) is 7.13. The van der Waals surface area contributed by atoms with Crippen molar-refractivity contribution in [3.05, 3.63) is 126 Å². The van der Waals surface area contributed by atoms with E-state index in [1.165, 1.54) is 22.3 Å². The number of benzene rings is 3. The van der Waals surface area contributed by atoms with Crippen molar-refractivity contribution < 1.29 is 57.7 Å². The van der Waals surface area contributed by atoms with E-state index in [4.69, 9.17) is 0 Å². The van der Waals surface area contributed by atoms with Gasteiger partial charge >= 0.3 is 187 Å². The monoisotopic (exact) mass is 516 g/mol. The predicted octanol–water partition coefficient (Wildman–Crippen LogP) is -1.61. The van der Waals surface area contributed by atoms with Gasteiger partial charge in [-0.1, -0.05) is 0 Å². The predicted molar refractivity (Wildman–Crippen MR) is 119 cm³/mol. The van der Waals surface area contributed by atoms with Crippen molar-refractivity contribution in [2.75, 3.05) is 0 Å². The molecule has 0 fully saturated rings. The number of hydrogen-bond donors (Lipinski definition) is 0. The molecule has 4 heteroatoms. The minimum Gasteiger partial charge on any atom is -1.00 e. The minimum atomic E-state index is -0.213. The molecular formula is C28H27Cl3Ti. The van der Waals surface area contributed by atoms with E-state index >= 15 is 0 Å². The number of rotatable bonds is 4. The van der Waals surface area contributed by atoms with Crippen LogP contribution in [0.4, 0.5) is 0 Å². The molecule has 1 aliphatic rings. The van der Waals surface area contributed by atoms with E-state index < -0.39 is 0 Å². The average Bonchev–Trinajstić information content (AvgIpc) is 3.13. The van der Waals surface area contributed by atoms with Crippen LogP contribution in [0.5, 0.6) is 0 Å². The van der Waals surface area contributed by atoms with Crippen molar-refractivity contribution in [2.45, 2.75) is 29.9 Å². The van der Waals surface area contributed by atoms with Crippen LogP contribution in [0.15, 0.2) is 109 Å². The first-order chi connectivity index (χ1) is 13.9. The standard InChI is InChI=1S/C28H27.3ClH.Ti/c1-27(2,3)28(24-15-9-5-10-16-24,25-17-11-6-12-18-25)26-20-19-23(21-26)22-13-7-4-8-14-22;;;;/h4-21H,1-3H3;3*1H;/q;;;;+3/p-3. The summed E-state index contributed by atoms with van der Waals surface area (Å²) in [4.78, 5) is 0. The van der Waals surface area contributed by atoms with Gasteiger partial charge in [0, 0.05) is 0 Å². The zero-order valence-electron chi connectivity index (χ0n) is 18.5. The van der Waals surface area contributed by atoms with Gasteiger partial charge in [0.15, 0.2) is 0 Å². The van der Waals surface area contributed by atoms with Gasteiger partial charge in [-0.2, -0.15) is 0 Å². The molecule has 0 saturated heterocycles.